The molecule has 0 radical (unpaired) electrons. The topological polar surface area (TPSA) is 83.6 Å². The first kappa shape index (κ1) is 11.6. The molecule has 1 aromatic rings. The van der Waals surface area contributed by atoms with Gasteiger partial charge in [0.05, 0.1) is 0 Å². The van der Waals surface area contributed by atoms with E-state index in [2.05, 4.69) is 15.5 Å². The highest BCUT2D eigenvalue weighted by molar-refractivity contribution is 5.76. The summed E-state index contributed by atoms with van der Waals surface area (Å²) in [4.78, 5) is 11.7. The average molecular weight is 233 g/mol. The van der Waals surface area contributed by atoms with Crippen LogP contribution in [0.5, 0.6) is 0 Å². The van der Waals surface area contributed by atoms with E-state index >= 15 is 0 Å². The van der Waals surface area contributed by atoms with Gasteiger partial charge in [0.25, 0.3) is 0 Å². The number of aromatic nitrogens is 3. The van der Waals surface area contributed by atoms with Crippen LogP contribution in [0.3, 0.4) is 0 Å². The van der Waals surface area contributed by atoms with Crippen molar-refractivity contribution in [2.24, 2.45) is 0 Å². The molecule has 1 N–H and O–H groups in total. The largest absolute Gasteiger partial charge is 0.352 e. The summed E-state index contributed by atoms with van der Waals surface area (Å²) in [6, 6.07) is 2.18. The fourth-order valence-electron chi connectivity index (χ4n) is 2.13. The first-order valence-electron chi connectivity index (χ1n) is 5.87. The molecule has 1 fully saturated rings. The van der Waals surface area contributed by atoms with Crippen LogP contribution in [0.15, 0.2) is 6.33 Å². The van der Waals surface area contributed by atoms with Crippen molar-refractivity contribution in [3.63, 3.8) is 0 Å². The molecular formula is C11H15N5O. The summed E-state index contributed by atoms with van der Waals surface area (Å²) in [7, 11) is 0. The van der Waals surface area contributed by atoms with Gasteiger partial charge in [0.1, 0.15) is 18.9 Å². The summed E-state index contributed by atoms with van der Waals surface area (Å²) in [5.74, 6) is 0.0944. The summed E-state index contributed by atoms with van der Waals surface area (Å²) in [5.41, 5.74) is 0. The number of nitrogens with one attached hydrogen (secondary N) is 1. The highest BCUT2D eigenvalue weighted by atomic mass is 16.2. The Morgan fingerprint density at radius 3 is 3.00 bits per heavy atom. The van der Waals surface area contributed by atoms with Crippen LogP contribution in [0, 0.1) is 11.3 Å². The monoisotopic (exact) mass is 233 g/mol. The molecule has 0 atom stereocenters. The number of nitrogens with zero attached hydrogens (tertiary/aromatic N) is 4. The predicted molar refractivity (Wildman–Crippen MR) is 59.8 cm³/mol. The first-order chi connectivity index (χ1) is 8.29. The van der Waals surface area contributed by atoms with Gasteiger partial charge in [-0.15, -0.1) is 10.2 Å². The van der Waals surface area contributed by atoms with Crippen molar-refractivity contribution in [1.29, 1.82) is 5.26 Å². The molecule has 0 saturated heterocycles. The lowest BCUT2D eigenvalue weighted by atomic mass is 9.95. The molecule has 0 aromatic carbocycles. The average Bonchev–Trinajstić information content (AvgIpc) is 2.77. The molecular weight excluding hydrogens is 218 g/mol. The second-order valence-corrected chi connectivity index (χ2v) is 4.30. The predicted octanol–water partition coefficient (Wildman–Crippen LogP) is 0.599. The van der Waals surface area contributed by atoms with Crippen molar-refractivity contribution < 1.29 is 4.79 Å². The molecule has 6 nitrogen and oxygen atoms in total. The van der Waals surface area contributed by atoms with E-state index in [0.29, 0.717) is 6.04 Å². The Morgan fingerprint density at radius 1 is 1.53 bits per heavy atom. The third-order valence-corrected chi connectivity index (χ3v) is 3.00. The molecule has 0 unspecified atom stereocenters. The molecule has 6 heteroatoms. The Bertz CT molecular complexity index is 427. The van der Waals surface area contributed by atoms with Crippen LogP contribution in [-0.2, 0) is 11.3 Å². The van der Waals surface area contributed by atoms with Gasteiger partial charge < -0.3 is 5.32 Å². The zero-order valence-corrected chi connectivity index (χ0v) is 9.59. The smallest absolute Gasteiger partial charge is 0.240 e. The molecule has 1 aromatic heterocycles. The number of rotatable bonds is 3. The Labute approximate surface area is 99.6 Å². The Kier molecular flexibility index (Phi) is 3.70. The van der Waals surface area contributed by atoms with Gasteiger partial charge in [-0.2, -0.15) is 5.26 Å². The molecule has 1 aliphatic rings. The van der Waals surface area contributed by atoms with Gasteiger partial charge >= 0.3 is 0 Å². The van der Waals surface area contributed by atoms with Crippen molar-refractivity contribution in [3.8, 4) is 6.07 Å². The third kappa shape index (κ3) is 3.03. The van der Waals surface area contributed by atoms with Gasteiger partial charge in [0.15, 0.2) is 0 Å². The van der Waals surface area contributed by atoms with Crippen LogP contribution in [0.2, 0.25) is 0 Å². The molecule has 17 heavy (non-hydrogen) atoms. The minimum Gasteiger partial charge on any atom is -0.352 e. The maximum atomic E-state index is 11.7. The van der Waals surface area contributed by atoms with Gasteiger partial charge in [-0.3, -0.25) is 9.36 Å². The molecule has 1 aliphatic carbocycles. The first-order valence-corrected chi connectivity index (χ1v) is 5.87. The second-order valence-electron chi connectivity index (χ2n) is 4.30. The molecule has 0 bridgehead atoms. The van der Waals surface area contributed by atoms with E-state index in [1.165, 1.54) is 30.2 Å². The maximum absolute atomic E-state index is 11.7. The van der Waals surface area contributed by atoms with Crippen LogP contribution in [0.4, 0.5) is 0 Å². The Balaban J connectivity index is 1.87. The van der Waals surface area contributed by atoms with Crippen molar-refractivity contribution in [3.05, 3.63) is 12.2 Å². The van der Waals surface area contributed by atoms with E-state index in [1.54, 1.807) is 0 Å². The van der Waals surface area contributed by atoms with E-state index in [-0.39, 0.29) is 18.3 Å². The molecule has 0 aliphatic heterocycles. The van der Waals surface area contributed by atoms with Crippen LogP contribution < -0.4 is 5.32 Å². The third-order valence-electron chi connectivity index (χ3n) is 3.00. The number of amides is 1. The maximum Gasteiger partial charge on any atom is 0.240 e. The van der Waals surface area contributed by atoms with Gasteiger partial charge in [0, 0.05) is 6.04 Å². The van der Waals surface area contributed by atoms with Gasteiger partial charge in [-0.05, 0) is 12.8 Å². The quantitative estimate of drug-likeness (QED) is 0.828. The number of nitriles is 1. The lowest BCUT2D eigenvalue weighted by molar-refractivity contribution is -0.122. The van der Waals surface area contributed by atoms with Crippen molar-refractivity contribution in [2.45, 2.75) is 44.7 Å². The summed E-state index contributed by atoms with van der Waals surface area (Å²) in [6.07, 6.45) is 7.13. The summed E-state index contributed by atoms with van der Waals surface area (Å²) >= 11 is 0. The molecule has 0 spiro atoms. The van der Waals surface area contributed by atoms with Gasteiger partial charge in [-0.25, -0.2) is 0 Å². The zero-order chi connectivity index (χ0) is 12.1. The summed E-state index contributed by atoms with van der Waals surface area (Å²) in [6.45, 7) is 0.117. The highest BCUT2D eigenvalue weighted by Crippen LogP contribution is 2.17. The Morgan fingerprint density at radius 2 is 2.29 bits per heavy atom. The zero-order valence-electron chi connectivity index (χ0n) is 9.59. The summed E-state index contributed by atoms with van der Waals surface area (Å²) < 4.78 is 1.46. The van der Waals surface area contributed by atoms with E-state index < -0.39 is 0 Å². The standard InChI is InChI=1S/C11H15N5O/c12-6-10-15-13-8-16(10)7-11(17)14-9-4-2-1-3-5-9/h8-9H,1-5,7H2,(H,14,17). The van der Waals surface area contributed by atoms with E-state index in [4.69, 9.17) is 5.26 Å². The van der Waals surface area contributed by atoms with E-state index in [1.807, 2.05) is 6.07 Å². The molecule has 1 saturated carbocycles. The van der Waals surface area contributed by atoms with Crippen LogP contribution in [-0.4, -0.2) is 26.7 Å². The molecule has 2 rings (SSSR count). The van der Waals surface area contributed by atoms with Crippen molar-refractivity contribution in [1.82, 2.24) is 20.1 Å². The molecule has 1 amide bonds. The second kappa shape index (κ2) is 5.43. The van der Waals surface area contributed by atoms with Gasteiger partial charge in [0.2, 0.25) is 11.7 Å². The van der Waals surface area contributed by atoms with Gasteiger partial charge in [-0.1, -0.05) is 19.3 Å². The SMILES string of the molecule is N#Cc1nncn1CC(=O)NC1CCCCC1. The molecule has 1 heterocycles. The Hall–Kier alpha value is -1.90. The van der Waals surface area contributed by atoms with E-state index in [0.717, 1.165) is 12.8 Å². The fourth-order valence-corrected chi connectivity index (χ4v) is 2.13. The summed E-state index contributed by atoms with van der Waals surface area (Å²) in [5, 5.41) is 18.9. The number of hydrogen-bond acceptors (Lipinski definition) is 4. The number of carbonyl (C=O) groups is 1. The molecule has 90 valence electrons. The minimum atomic E-state index is -0.0757. The normalized spacial score (nSPS) is 16.4. The van der Waals surface area contributed by atoms with Crippen molar-refractivity contribution >= 4 is 5.91 Å². The lowest BCUT2D eigenvalue weighted by Crippen LogP contribution is -2.38. The highest BCUT2D eigenvalue weighted by Gasteiger charge is 2.16. The van der Waals surface area contributed by atoms with E-state index in [9.17, 15) is 4.79 Å². The van der Waals surface area contributed by atoms with Crippen LogP contribution >= 0.6 is 0 Å². The number of carbonyl (C=O) groups excluding carboxylic acids is 1. The van der Waals surface area contributed by atoms with Crippen LogP contribution in [0.1, 0.15) is 37.9 Å². The lowest BCUT2D eigenvalue weighted by Gasteiger charge is -2.22. The minimum absolute atomic E-state index is 0.0757. The number of hydrogen-bond donors (Lipinski definition) is 1. The fraction of sp³-hybridized carbons (Fsp3) is 0.636. The van der Waals surface area contributed by atoms with Crippen LogP contribution in [0.25, 0.3) is 0 Å². The van der Waals surface area contributed by atoms with Crippen molar-refractivity contribution in [2.75, 3.05) is 0 Å².